The van der Waals surface area contributed by atoms with Crippen LogP contribution in [0.15, 0.2) is 23.6 Å². The van der Waals surface area contributed by atoms with Gasteiger partial charge in [-0.1, -0.05) is 12.1 Å². The maximum absolute atomic E-state index is 13.8. The van der Waals surface area contributed by atoms with E-state index in [1.54, 1.807) is 18.6 Å². The van der Waals surface area contributed by atoms with Crippen LogP contribution in [0.1, 0.15) is 22.0 Å². The van der Waals surface area contributed by atoms with Gasteiger partial charge in [0.15, 0.2) is 11.6 Å². The topological polar surface area (TPSA) is 35.2 Å². The number of benzene rings is 1. The van der Waals surface area contributed by atoms with Gasteiger partial charge in [-0.2, -0.15) is 0 Å². The van der Waals surface area contributed by atoms with Gasteiger partial charge in [0.2, 0.25) is 0 Å². The van der Waals surface area contributed by atoms with Gasteiger partial charge in [-0.05, 0) is 18.6 Å². The number of nitrogens with two attached hydrogens (primary N) is 1. The van der Waals surface area contributed by atoms with Crippen LogP contribution in [0.4, 0.5) is 8.78 Å². The number of halogens is 2. The summed E-state index contributed by atoms with van der Waals surface area (Å²) in [5.74, 6) is -1.06. The fourth-order valence-corrected chi connectivity index (χ4v) is 2.53. The minimum Gasteiger partial charge on any atom is -0.496 e. The Bertz CT molecular complexity index is 568. The van der Waals surface area contributed by atoms with Crippen LogP contribution in [-0.2, 0) is 0 Å². The lowest BCUT2D eigenvalue weighted by molar-refractivity contribution is 0.416. The molecule has 0 aliphatic carbocycles. The highest BCUT2D eigenvalue weighted by atomic mass is 32.1. The first-order chi connectivity index (χ1) is 8.54. The molecule has 5 heteroatoms. The minimum atomic E-state index is -0.880. The maximum atomic E-state index is 13.8. The van der Waals surface area contributed by atoms with E-state index in [0.717, 1.165) is 4.88 Å². The second kappa shape index (κ2) is 5.04. The van der Waals surface area contributed by atoms with E-state index in [1.165, 1.54) is 30.4 Å². The van der Waals surface area contributed by atoms with Gasteiger partial charge in [0.25, 0.3) is 0 Å². The Kier molecular flexibility index (Phi) is 3.63. The maximum Gasteiger partial charge on any atom is 0.164 e. The van der Waals surface area contributed by atoms with E-state index >= 15 is 0 Å². The zero-order valence-corrected chi connectivity index (χ0v) is 10.9. The molecular weight excluding hydrogens is 256 g/mol. The van der Waals surface area contributed by atoms with Gasteiger partial charge in [0, 0.05) is 15.8 Å². The van der Waals surface area contributed by atoms with Crippen molar-refractivity contribution in [2.75, 3.05) is 7.11 Å². The van der Waals surface area contributed by atoms with Crippen LogP contribution in [0.5, 0.6) is 5.75 Å². The molecule has 2 aromatic rings. The Balaban J connectivity index is 2.39. The van der Waals surface area contributed by atoms with Crippen LogP contribution in [0.25, 0.3) is 0 Å². The summed E-state index contributed by atoms with van der Waals surface area (Å²) in [6, 6.07) is 4.09. The van der Waals surface area contributed by atoms with Crippen LogP contribution < -0.4 is 10.5 Å². The van der Waals surface area contributed by atoms with E-state index in [-0.39, 0.29) is 11.1 Å². The molecule has 1 aromatic heterocycles. The lowest BCUT2D eigenvalue weighted by Crippen LogP contribution is -2.13. The fourth-order valence-electron chi connectivity index (χ4n) is 1.66. The molecule has 0 amide bonds. The molecule has 0 spiro atoms. The molecule has 96 valence electrons. The highest BCUT2D eigenvalue weighted by Gasteiger charge is 2.19. The van der Waals surface area contributed by atoms with Gasteiger partial charge in [0.1, 0.15) is 5.75 Å². The lowest BCUT2D eigenvalue weighted by Gasteiger charge is -2.12. The van der Waals surface area contributed by atoms with Gasteiger partial charge in [-0.3, -0.25) is 0 Å². The first kappa shape index (κ1) is 13.0. The van der Waals surface area contributed by atoms with E-state index in [9.17, 15) is 8.78 Å². The average molecular weight is 269 g/mol. The lowest BCUT2D eigenvalue weighted by atomic mass is 10.0. The summed E-state index contributed by atoms with van der Waals surface area (Å²) >= 11 is 1.36. The zero-order valence-electron chi connectivity index (χ0n) is 10.0. The summed E-state index contributed by atoms with van der Waals surface area (Å²) in [6.07, 6.45) is 0. The Hall–Kier alpha value is -1.46. The Morgan fingerprint density at radius 1 is 1.28 bits per heavy atom. The molecule has 1 heterocycles. The molecule has 0 radical (unpaired) electrons. The number of methoxy groups -OCH3 is 1. The normalized spacial score (nSPS) is 12.5. The standard InChI is InChI=1S/C13H13F2NOS/c1-7-3-4-9(12(15)11(7)14)13(16)10-5-8(17-2)6-18-10/h3-6,13H,16H2,1-2H3. The fraction of sp³-hybridized carbons (Fsp3) is 0.231. The predicted molar refractivity (Wildman–Crippen MR) is 68.0 cm³/mol. The van der Waals surface area contributed by atoms with E-state index < -0.39 is 17.7 Å². The van der Waals surface area contributed by atoms with Crippen LogP contribution in [0, 0.1) is 18.6 Å². The Morgan fingerprint density at radius 3 is 2.61 bits per heavy atom. The number of aryl methyl sites for hydroxylation is 1. The Morgan fingerprint density at radius 2 is 2.00 bits per heavy atom. The summed E-state index contributed by atoms with van der Waals surface area (Å²) in [7, 11) is 1.55. The third-order valence-corrected chi connectivity index (χ3v) is 3.77. The number of ether oxygens (including phenoxy) is 1. The number of hydrogen-bond acceptors (Lipinski definition) is 3. The monoisotopic (exact) mass is 269 g/mol. The van der Waals surface area contributed by atoms with E-state index in [2.05, 4.69) is 0 Å². The van der Waals surface area contributed by atoms with Crippen molar-refractivity contribution in [3.05, 3.63) is 51.2 Å². The molecule has 18 heavy (non-hydrogen) atoms. The quantitative estimate of drug-likeness (QED) is 0.927. The molecule has 0 bridgehead atoms. The summed E-state index contributed by atoms with van der Waals surface area (Å²) in [5, 5.41) is 1.78. The van der Waals surface area contributed by atoms with Gasteiger partial charge in [0.05, 0.1) is 13.2 Å². The molecule has 0 saturated heterocycles. The Labute approximate surface area is 108 Å². The number of thiophene rings is 1. The molecule has 0 fully saturated rings. The van der Waals surface area contributed by atoms with Crippen LogP contribution >= 0.6 is 11.3 Å². The van der Waals surface area contributed by atoms with Gasteiger partial charge >= 0.3 is 0 Å². The summed E-state index contributed by atoms with van der Waals surface area (Å²) in [6.45, 7) is 1.52. The molecule has 2 rings (SSSR count). The van der Waals surface area contributed by atoms with E-state index in [4.69, 9.17) is 10.5 Å². The number of hydrogen-bond donors (Lipinski definition) is 1. The molecule has 1 aromatic carbocycles. The predicted octanol–water partition coefficient (Wildman–Crippen LogP) is 3.39. The molecule has 2 N–H and O–H groups in total. The first-order valence-corrected chi connectivity index (χ1v) is 6.25. The minimum absolute atomic E-state index is 0.155. The van der Waals surface area contributed by atoms with E-state index in [1.807, 2.05) is 0 Å². The summed E-state index contributed by atoms with van der Waals surface area (Å²) in [4.78, 5) is 0.731. The molecule has 1 atom stereocenters. The second-order valence-corrected chi connectivity index (χ2v) is 4.91. The van der Waals surface area contributed by atoms with Crippen LogP contribution in [0.3, 0.4) is 0 Å². The van der Waals surface area contributed by atoms with Crippen molar-refractivity contribution >= 4 is 11.3 Å². The highest BCUT2D eigenvalue weighted by molar-refractivity contribution is 7.10. The molecule has 0 aliphatic rings. The van der Waals surface area contributed by atoms with Crippen molar-refractivity contribution in [3.63, 3.8) is 0 Å². The molecule has 1 unspecified atom stereocenters. The third kappa shape index (κ3) is 2.23. The zero-order chi connectivity index (χ0) is 13.3. The number of rotatable bonds is 3. The van der Waals surface area contributed by atoms with Crippen molar-refractivity contribution < 1.29 is 13.5 Å². The summed E-state index contributed by atoms with van der Waals surface area (Å²) in [5.41, 5.74) is 6.38. The van der Waals surface area contributed by atoms with Crippen molar-refractivity contribution in [2.45, 2.75) is 13.0 Å². The second-order valence-electron chi connectivity index (χ2n) is 3.97. The van der Waals surface area contributed by atoms with Crippen LogP contribution in [-0.4, -0.2) is 7.11 Å². The largest absolute Gasteiger partial charge is 0.496 e. The van der Waals surface area contributed by atoms with Crippen molar-refractivity contribution in [3.8, 4) is 5.75 Å². The average Bonchev–Trinajstić information content (AvgIpc) is 2.84. The van der Waals surface area contributed by atoms with Crippen LogP contribution in [0.2, 0.25) is 0 Å². The summed E-state index contributed by atoms with van der Waals surface area (Å²) < 4.78 is 32.3. The smallest absolute Gasteiger partial charge is 0.164 e. The molecule has 0 aliphatic heterocycles. The molecule has 2 nitrogen and oxygen atoms in total. The first-order valence-electron chi connectivity index (χ1n) is 5.37. The van der Waals surface area contributed by atoms with Gasteiger partial charge in [-0.15, -0.1) is 11.3 Å². The van der Waals surface area contributed by atoms with Crippen molar-refractivity contribution in [1.29, 1.82) is 0 Å². The molecule has 0 saturated carbocycles. The van der Waals surface area contributed by atoms with E-state index in [0.29, 0.717) is 5.75 Å². The molecular formula is C13H13F2NOS. The van der Waals surface area contributed by atoms with Crippen molar-refractivity contribution in [2.24, 2.45) is 5.73 Å². The SMILES string of the molecule is COc1csc(C(N)c2ccc(C)c(F)c2F)c1. The van der Waals surface area contributed by atoms with Crippen molar-refractivity contribution in [1.82, 2.24) is 0 Å². The third-order valence-electron chi connectivity index (χ3n) is 2.78. The van der Waals surface area contributed by atoms with Gasteiger partial charge in [-0.25, -0.2) is 8.78 Å². The van der Waals surface area contributed by atoms with Gasteiger partial charge < -0.3 is 10.5 Å². The highest BCUT2D eigenvalue weighted by Crippen LogP contribution is 2.31.